The summed E-state index contributed by atoms with van der Waals surface area (Å²) in [5.41, 5.74) is 3.04. The molecule has 3 N–H and O–H groups in total. The largest absolute Gasteiger partial charge is 0.393 e. The van der Waals surface area contributed by atoms with Gasteiger partial charge in [0, 0.05) is 31.9 Å². The summed E-state index contributed by atoms with van der Waals surface area (Å²) in [7, 11) is 0. The Bertz CT molecular complexity index is 651. The van der Waals surface area contributed by atoms with Gasteiger partial charge in [-0.3, -0.25) is 0 Å². The SMILES string of the molecule is Cc1cccn2cc(CCNC(=O)NCCC(O)C(C)C)nc12. The number of carbonyl (C=O) groups is 1. The smallest absolute Gasteiger partial charge is 0.314 e. The van der Waals surface area contributed by atoms with E-state index in [-0.39, 0.29) is 18.1 Å². The Labute approximate surface area is 136 Å². The predicted octanol–water partition coefficient (Wildman–Crippen LogP) is 1.89. The maximum atomic E-state index is 11.7. The van der Waals surface area contributed by atoms with Crippen molar-refractivity contribution < 1.29 is 9.90 Å². The minimum atomic E-state index is -0.378. The van der Waals surface area contributed by atoms with Crippen LogP contribution in [0, 0.1) is 12.8 Å². The number of nitrogens with one attached hydrogen (secondary N) is 2. The van der Waals surface area contributed by atoms with Gasteiger partial charge in [-0.2, -0.15) is 0 Å². The van der Waals surface area contributed by atoms with E-state index in [4.69, 9.17) is 0 Å². The number of urea groups is 1. The van der Waals surface area contributed by atoms with Crippen molar-refractivity contribution in [3.05, 3.63) is 35.8 Å². The van der Waals surface area contributed by atoms with Crippen LogP contribution in [0.5, 0.6) is 0 Å². The zero-order chi connectivity index (χ0) is 16.8. The molecule has 2 aromatic heterocycles. The molecule has 0 spiro atoms. The fourth-order valence-electron chi connectivity index (χ4n) is 2.36. The predicted molar refractivity (Wildman–Crippen MR) is 90.5 cm³/mol. The average molecular weight is 318 g/mol. The fourth-order valence-corrected chi connectivity index (χ4v) is 2.36. The molecule has 23 heavy (non-hydrogen) atoms. The maximum Gasteiger partial charge on any atom is 0.314 e. The number of hydrogen-bond acceptors (Lipinski definition) is 3. The van der Waals surface area contributed by atoms with E-state index in [9.17, 15) is 9.90 Å². The zero-order valence-corrected chi connectivity index (χ0v) is 14.0. The second kappa shape index (κ2) is 7.97. The first-order chi connectivity index (χ1) is 11.0. The Kier molecular flexibility index (Phi) is 5.98. The summed E-state index contributed by atoms with van der Waals surface area (Å²) < 4.78 is 2.00. The van der Waals surface area contributed by atoms with Crippen LogP contribution in [0.1, 0.15) is 31.5 Å². The van der Waals surface area contributed by atoms with Gasteiger partial charge in [-0.05, 0) is 30.9 Å². The lowest BCUT2D eigenvalue weighted by molar-refractivity contribution is 0.116. The summed E-state index contributed by atoms with van der Waals surface area (Å²) in [6.07, 6.45) is 4.83. The maximum absolute atomic E-state index is 11.7. The van der Waals surface area contributed by atoms with Crippen molar-refractivity contribution in [2.75, 3.05) is 13.1 Å². The van der Waals surface area contributed by atoms with Crippen molar-refractivity contribution >= 4 is 11.7 Å². The van der Waals surface area contributed by atoms with E-state index in [1.54, 1.807) is 0 Å². The van der Waals surface area contributed by atoms with E-state index in [2.05, 4.69) is 15.6 Å². The van der Waals surface area contributed by atoms with Gasteiger partial charge in [-0.25, -0.2) is 9.78 Å². The van der Waals surface area contributed by atoms with Crippen molar-refractivity contribution in [2.24, 2.45) is 5.92 Å². The first-order valence-corrected chi connectivity index (χ1v) is 8.10. The first kappa shape index (κ1) is 17.3. The highest BCUT2D eigenvalue weighted by molar-refractivity contribution is 5.73. The van der Waals surface area contributed by atoms with E-state index in [0.717, 1.165) is 16.9 Å². The topological polar surface area (TPSA) is 78.7 Å². The molecule has 0 aliphatic heterocycles. The van der Waals surface area contributed by atoms with Crippen molar-refractivity contribution in [2.45, 2.75) is 39.7 Å². The number of carbonyl (C=O) groups excluding carboxylic acids is 1. The van der Waals surface area contributed by atoms with Gasteiger partial charge >= 0.3 is 6.03 Å². The first-order valence-electron chi connectivity index (χ1n) is 8.10. The molecule has 2 aromatic rings. The number of aliphatic hydroxyl groups excluding tert-OH is 1. The van der Waals surface area contributed by atoms with E-state index < -0.39 is 0 Å². The number of rotatable bonds is 7. The Morgan fingerprint density at radius 2 is 2.09 bits per heavy atom. The van der Waals surface area contributed by atoms with Gasteiger partial charge in [-0.1, -0.05) is 19.9 Å². The molecule has 0 aliphatic rings. The molecule has 2 heterocycles. The normalized spacial score (nSPS) is 12.6. The van der Waals surface area contributed by atoms with Gasteiger partial charge in [0.1, 0.15) is 5.65 Å². The third kappa shape index (κ3) is 4.96. The van der Waals surface area contributed by atoms with E-state index in [0.29, 0.717) is 25.9 Å². The van der Waals surface area contributed by atoms with Crippen molar-refractivity contribution in [3.8, 4) is 0 Å². The van der Waals surface area contributed by atoms with E-state index in [1.807, 2.05) is 49.7 Å². The van der Waals surface area contributed by atoms with Crippen molar-refractivity contribution in [1.82, 2.24) is 20.0 Å². The molecule has 0 aliphatic carbocycles. The molecule has 0 bridgehead atoms. The molecule has 2 rings (SSSR count). The van der Waals surface area contributed by atoms with Crippen LogP contribution in [0.3, 0.4) is 0 Å². The lowest BCUT2D eigenvalue weighted by atomic mass is 10.0. The number of pyridine rings is 1. The molecule has 126 valence electrons. The number of aromatic nitrogens is 2. The van der Waals surface area contributed by atoms with Crippen LogP contribution >= 0.6 is 0 Å². The molecular weight excluding hydrogens is 292 g/mol. The number of aliphatic hydroxyl groups is 1. The third-order valence-corrected chi connectivity index (χ3v) is 3.89. The standard InChI is InChI=1S/C17H26N4O2/c1-12(2)15(22)7-9-19-17(23)18-8-6-14-11-21-10-4-5-13(3)16(21)20-14/h4-5,10-12,15,22H,6-9H2,1-3H3,(H2,18,19,23). The molecule has 0 radical (unpaired) electrons. The lowest BCUT2D eigenvalue weighted by Crippen LogP contribution is -2.38. The van der Waals surface area contributed by atoms with Gasteiger partial charge in [0.05, 0.1) is 11.8 Å². The minimum absolute atomic E-state index is 0.207. The summed E-state index contributed by atoms with van der Waals surface area (Å²) in [5, 5.41) is 15.2. The van der Waals surface area contributed by atoms with Crippen LogP contribution in [-0.4, -0.2) is 39.7 Å². The summed E-state index contributed by atoms with van der Waals surface area (Å²) in [4.78, 5) is 16.3. The second-order valence-electron chi connectivity index (χ2n) is 6.19. The molecule has 0 fully saturated rings. The van der Waals surface area contributed by atoms with Gasteiger partial charge < -0.3 is 20.1 Å². The Morgan fingerprint density at radius 1 is 1.35 bits per heavy atom. The fraction of sp³-hybridized carbons (Fsp3) is 0.529. The van der Waals surface area contributed by atoms with Crippen LogP contribution in [0.2, 0.25) is 0 Å². The van der Waals surface area contributed by atoms with Crippen molar-refractivity contribution in [3.63, 3.8) is 0 Å². The lowest BCUT2D eigenvalue weighted by Gasteiger charge is -2.14. The van der Waals surface area contributed by atoms with E-state index >= 15 is 0 Å². The number of hydrogen-bond donors (Lipinski definition) is 3. The highest BCUT2D eigenvalue weighted by Crippen LogP contribution is 2.10. The highest BCUT2D eigenvalue weighted by atomic mass is 16.3. The highest BCUT2D eigenvalue weighted by Gasteiger charge is 2.09. The molecule has 6 nitrogen and oxygen atoms in total. The van der Waals surface area contributed by atoms with Gasteiger partial charge in [-0.15, -0.1) is 0 Å². The summed E-state index contributed by atoms with van der Waals surface area (Å²) in [6, 6.07) is 3.81. The molecule has 0 saturated carbocycles. The van der Waals surface area contributed by atoms with Crippen LogP contribution in [0.25, 0.3) is 5.65 Å². The molecular formula is C17H26N4O2. The molecule has 2 amide bonds. The monoisotopic (exact) mass is 318 g/mol. The molecule has 0 saturated heterocycles. The number of amides is 2. The third-order valence-electron chi connectivity index (χ3n) is 3.89. The van der Waals surface area contributed by atoms with E-state index in [1.165, 1.54) is 0 Å². The number of aryl methyl sites for hydroxylation is 1. The van der Waals surface area contributed by atoms with Crippen LogP contribution in [0.15, 0.2) is 24.5 Å². The zero-order valence-electron chi connectivity index (χ0n) is 14.0. The Morgan fingerprint density at radius 3 is 2.78 bits per heavy atom. The quantitative estimate of drug-likeness (QED) is 0.729. The Hall–Kier alpha value is -2.08. The van der Waals surface area contributed by atoms with Crippen LogP contribution < -0.4 is 10.6 Å². The molecule has 1 atom stereocenters. The van der Waals surface area contributed by atoms with Gasteiger partial charge in [0.25, 0.3) is 0 Å². The molecule has 0 aromatic carbocycles. The number of nitrogens with zero attached hydrogens (tertiary/aromatic N) is 2. The molecule has 1 unspecified atom stereocenters. The van der Waals surface area contributed by atoms with Crippen molar-refractivity contribution in [1.29, 1.82) is 0 Å². The summed E-state index contributed by atoms with van der Waals surface area (Å²) in [6.45, 7) is 6.95. The average Bonchev–Trinajstić information content (AvgIpc) is 2.91. The second-order valence-corrected chi connectivity index (χ2v) is 6.19. The van der Waals surface area contributed by atoms with Crippen LogP contribution in [-0.2, 0) is 6.42 Å². The minimum Gasteiger partial charge on any atom is -0.393 e. The molecule has 6 heteroatoms. The van der Waals surface area contributed by atoms with Gasteiger partial charge in [0.2, 0.25) is 0 Å². The number of fused-ring (bicyclic) bond motifs is 1. The van der Waals surface area contributed by atoms with Gasteiger partial charge in [0.15, 0.2) is 0 Å². The summed E-state index contributed by atoms with van der Waals surface area (Å²) in [5.74, 6) is 0.207. The summed E-state index contributed by atoms with van der Waals surface area (Å²) >= 11 is 0. The van der Waals surface area contributed by atoms with Crippen LogP contribution in [0.4, 0.5) is 4.79 Å². The number of imidazole rings is 1. The Balaban J connectivity index is 1.71.